The van der Waals surface area contributed by atoms with Gasteiger partial charge in [-0.3, -0.25) is 14.9 Å². The molecule has 0 aliphatic rings. The molecule has 4 aromatic carbocycles. The van der Waals surface area contributed by atoms with Gasteiger partial charge in [-0.25, -0.2) is 4.68 Å². The zero-order chi connectivity index (χ0) is 27.9. The van der Waals surface area contributed by atoms with Crippen LogP contribution in [0.2, 0.25) is 0 Å². The van der Waals surface area contributed by atoms with Crippen LogP contribution in [0.25, 0.3) is 16.9 Å². The maximum absolute atomic E-state index is 13.5. The van der Waals surface area contributed by atoms with Crippen LogP contribution in [0, 0.1) is 10.1 Å². The number of nitro groups is 1. The minimum absolute atomic E-state index is 0.0843. The second-order valence-electron chi connectivity index (χ2n) is 9.25. The van der Waals surface area contributed by atoms with Crippen LogP contribution in [0.5, 0.6) is 5.75 Å². The predicted molar refractivity (Wildman–Crippen MR) is 154 cm³/mol. The van der Waals surface area contributed by atoms with Crippen molar-refractivity contribution in [1.29, 1.82) is 0 Å². The summed E-state index contributed by atoms with van der Waals surface area (Å²) in [5, 5.41) is 19.1. The first-order valence-electron chi connectivity index (χ1n) is 12.9. The number of amides is 1. The molecule has 0 aliphatic carbocycles. The second-order valence-corrected chi connectivity index (χ2v) is 9.25. The zero-order valence-electron chi connectivity index (χ0n) is 21.9. The van der Waals surface area contributed by atoms with E-state index in [1.165, 1.54) is 27.9 Å². The molecule has 0 radical (unpaired) electrons. The molecule has 0 bridgehead atoms. The molecule has 5 aromatic rings. The molecule has 1 N–H and O–H groups in total. The van der Waals surface area contributed by atoms with Gasteiger partial charge in [-0.1, -0.05) is 66.7 Å². The molecule has 1 aromatic heterocycles. The van der Waals surface area contributed by atoms with Gasteiger partial charge in [0.25, 0.3) is 11.6 Å². The minimum atomic E-state index is -0.468. The van der Waals surface area contributed by atoms with Gasteiger partial charge in [-0.15, -0.1) is 0 Å². The molecule has 8 heteroatoms. The third-order valence-electron chi connectivity index (χ3n) is 6.74. The normalized spacial score (nSPS) is 10.8. The van der Waals surface area contributed by atoms with Gasteiger partial charge < -0.3 is 10.1 Å². The van der Waals surface area contributed by atoms with Crippen molar-refractivity contribution in [2.45, 2.75) is 12.3 Å². The van der Waals surface area contributed by atoms with Crippen molar-refractivity contribution in [2.24, 2.45) is 0 Å². The number of nitro benzene ring substituents is 1. The standard InChI is InChI=1S/C32H28N4O4/c1-40-28-17-15-25(16-18-28)30-22-31(35(34-30)26-13-8-14-27(21-26)36(38)39)32(37)33-20-19-29(23-9-4-2-5-10-23)24-11-6-3-7-12-24/h2-18,21-22,29H,19-20H2,1H3,(H,33,37). The van der Waals surface area contributed by atoms with Crippen LogP contribution in [0.15, 0.2) is 115 Å². The third-order valence-corrected chi connectivity index (χ3v) is 6.74. The zero-order valence-corrected chi connectivity index (χ0v) is 21.9. The Balaban J connectivity index is 1.42. The number of nitrogens with one attached hydrogen (secondary N) is 1. The molecular weight excluding hydrogens is 504 g/mol. The van der Waals surface area contributed by atoms with Crippen LogP contribution >= 0.6 is 0 Å². The molecule has 200 valence electrons. The summed E-state index contributed by atoms with van der Waals surface area (Å²) in [5.74, 6) is 0.490. The van der Waals surface area contributed by atoms with Crippen LogP contribution in [-0.4, -0.2) is 34.3 Å². The number of hydrogen-bond donors (Lipinski definition) is 1. The molecule has 0 spiro atoms. The van der Waals surface area contributed by atoms with E-state index in [2.05, 4.69) is 34.7 Å². The maximum Gasteiger partial charge on any atom is 0.271 e. The van der Waals surface area contributed by atoms with Gasteiger partial charge in [-0.2, -0.15) is 5.10 Å². The topological polar surface area (TPSA) is 99.3 Å². The number of nitrogens with zero attached hydrogens (tertiary/aromatic N) is 3. The lowest BCUT2D eigenvalue weighted by Crippen LogP contribution is -2.28. The number of benzene rings is 4. The monoisotopic (exact) mass is 532 g/mol. The first kappa shape index (κ1) is 26.4. The Morgan fingerprint density at radius 2 is 1.55 bits per heavy atom. The maximum atomic E-state index is 13.5. The van der Waals surface area contributed by atoms with E-state index in [1.54, 1.807) is 25.3 Å². The van der Waals surface area contributed by atoms with E-state index in [1.807, 2.05) is 60.7 Å². The predicted octanol–water partition coefficient (Wildman–Crippen LogP) is 6.41. The van der Waals surface area contributed by atoms with Crippen molar-refractivity contribution in [1.82, 2.24) is 15.1 Å². The summed E-state index contributed by atoms with van der Waals surface area (Å²) >= 11 is 0. The molecule has 0 atom stereocenters. The molecule has 0 aliphatic heterocycles. The van der Waals surface area contributed by atoms with Gasteiger partial charge in [0.15, 0.2) is 0 Å². The Hall–Kier alpha value is -5.24. The lowest BCUT2D eigenvalue weighted by molar-refractivity contribution is -0.384. The lowest BCUT2D eigenvalue weighted by Gasteiger charge is -2.18. The highest BCUT2D eigenvalue weighted by molar-refractivity contribution is 5.94. The van der Waals surface area contributed by atoms with E-state index < -0.39 is 4.92 Å². The van der Waals surface area contributed by atoms with Crippen LogP contribution in [0.4, 0.5) is 5.69 Å². The molecule has 0 saturated carbocycles. The molecule has 0 saturated heterocycles. The largest absolute Gasteiger partial charge is 0.497 e. The molecule has 40 heavy (non-hydrogen) atoms. The third kappa shape index (κ3) is 5.91. The van der Waals surface area contributed by atoms with Gasteiger partial charge in [0.05, 0.1) is 23.4 Å². The first-order chi connectivity index (χ1) is 19.5. The molecule has 5 rings (SSSR count). The van der Waals surface area contributed by atoms with Crippen LogP contribution in [0.1, 0.15) is 34.0 Å². The summed E-state index contributed by atoms with van der Waals surface area (Å²) in [6, 6.07) is 35.5. The first-order valence-corrected chi connectivity index (χ1v) is 12.9. The summed E-state index contributed by atoms with van der Waals surface area (Å²) in [6.07, 6.45) is 0.691. The van der Waals surface area contributed by atoms with Crippen LogP contribution in [0.3, 0.4) is 0 Å². The van der Waals surface area contributed by atoms with E-state index in [-0.39, 0.29) is 23.2 Å². The summed E-state index contributed by atoms with van der Waals surface area (Å²) in [5.41, 5.74) is 4.31. The Labute approximate surface area is 232 Å². The number of ether oxygens (including phenoxy) is 1. The van der Waals surface area contributed by atoms with E-state index in [9.17, 15) is 14.9 Å². The van der Waals surface area contributed by atoms with Crippen molar-refractivity contribution in [3.05, 3.63) is 142 Å². The summed E-state index contributed by atoms with van der Waals surface area (Å²) in [6.45, 7) is 0.422. The van der Waals surface area contributed by atoms with Crippen molar-refractivity contribution in [3.8, 4) is 22.7 Å². The van der Waals surface area contributed by atoms with Crippen molar-refractivity contribution in [3.63, 3.8) is 0 Å². The van der Waals surface area contributed by atoms with E-state index in [0.29, 0.717) is 30.1 Å². The highest BCUT2D eigenvalue weighted by atomic mass is 16.6. The second kappa shape index (κ2) is 12.1. The Morgan fingerprint density at radius 3 is 2.15 bits per heavy atom. The number of non-ortho nitro benzene ring substituents is 1. The van der Waals surface area contributed by atoms with E-state index >= 15 is 0 Å². The van der Waals surface area contributed by atoms with Gasteiger partial charge in [0.2, 0.25) is 0 Å². The fourth-order valence-corrected chi connectivity index (χ4v) is 4.70. The molecule has 8 nitrogen and oxygen atoms in total. The van der Waals surface area contributed by atoms with Gasteiger partial charge in [0.1, 0.15) is 11.4 Å². The molecule has 0 fully saturated rings. The highest BCUT2D eigenvalue weighted by Gasteiger charge is 2.20. The van der Waals surface area contributed by atoms with Crippen molar-refractivity contribution in [2.75, 3.05) is 13.7 Å². The van der Waals surface area contributed by atoms with Crippen molar-refractivity contribution < 1.29 is 14.5 Å². The van der Waals surface area contributed by atoms with E-state index in [4.69, 9.17) is 4.74 Å². The Bertz CT molecular complexity index is 1560. The number of aromatic nitrogens is 2. The number of carbonyl (C=O) groups is 1. The fraction of sp³-hybridized carbons (Fsp3) is 0.125. The highest BCUT2D eigenvalue weighted by Crippen LogP contribution is 2.28. The average Bonchev–Trinajstić information content (AvgIpc) is 3.46. The molecule has 1 amide bonds. The summed E-state index contributed by atoms with van der Waals surface area (Å²) in [7, 11) is 1.59. The van der Waals surface area contributed by atoms with Gasteiger partial charge in [0, 0.05) is 30.2 Å². The smallest absolute Gasteiger partial charge is 0.271 e. The Morgan fingerprint density at radius 1 is 0.900 bits per heavy atom. The number of carbonyl (C=O) groups excluding carboxylic acids is 1. The Kier molecular flexibility index (Phi) is 7.97. The van der Waals surface area contributed by atoms with Gasteiger partial charge >= 0.3 is 0 Å². The summed E-state index contributed by atoms with van der Waals surface area (Å²) < 4.78 is 6.70. The van der Waals surface area contributed by atoms with Crippen LogP contribution < -0.4 is 10.1 Å². The fourth-order valence-electron chi connectivity index (χ4n) is 4.70. The summed E-state index contributed by atoms with van der Waals surface area (Å²) in [4.78, 5) is 24.5. The minimum Gasteiger partial charge on any atom is -0.497 e. The lowest BCUT2D eigenvalue weighted by atomic mass is 9.88. The molecule has 1 heterocycles. The van der Waals surface area contributed by atoms with Crippen LogP contribution in [-0.2, 0) is 0 Å². The van der Waals surface area contributed by atoms with Crippen molar-refractivity contribution >= 4 is 11.6 Å². The van der Waals surface area contributed by atoms with E-state index in [0.717, 1.165) is 5.56 Å². The quantitative estimate of drug-likeness (QED) is 0.166. The number of methoxy groups -OCH3 is 1. The number of hydrogen-bond acceptors (Lipinski definition) is 5. The average molecular weight is 533 g/mol. The number of rotatable bonds is 10. The molecule has 0 unspecified atom stereocenters. The van der Waals surface area contributed by atoms with Gasteiger partial charge in [-0.05, 0) is 53.9 Å². The molecular formula is C32H28N4O4. The SMILES string of the molecule is COc1ccc(-c2cc(C(=O)NCCC(c3ccccc3)c3ccccc3)n(-c3cccc([N+](=O)[O-])c3)n2)cc1.